The molecule has 0 fully saturated rings. The van der Waals surface area contributed by atoms with Gasteiger partial charge in [0.25, 0.3) is 0 Å². The van der Waals surface area contributed by atoms with E-state index in [2.05, 4.69) is 11.5 Å². The zero-order chi connectivity index (χ0) is 10.9. The van der Waals surface area contributed by atoms with Crippen LogP contribution in [0, 0.1) is 0 Å². The lowest BCUT2D eigenvalue weighted by Gasteiger charge is -2.22. The summed E-state index contributed by atoms with van der Waals surface area (Å²) in [7, 11) is 1.53. The van der Waals surface area contributed by atoms with E-state index in [4.69, 9.17) is 8.85 Å². The molecule has 0 unspecified atom stereocenters. The molecule has 82 valence electrons. The molecule has 0 radical (unpaired) electrons. The molecule has 0 rings (SSSR count). The zero-order valence-corrected chi connectivity index (χ0v) is 10.2. The van der Waals surface area contributed by atoms with Crippen molar-refractivity contribution in [2.75, 3.05) is 20.8 Å². The van der Waals surface area contributed by atoms with Crippen LogP contribution < -0.4 is 0 Å². The summed E-state index contributed by atoms with van der Waals surface area (Å²) in [6.45, 7) is 2.64. The Bertz CT molecular complexity index is 188. The number of carbonyl (C=O) groups excluding carboxylic acids is 1. The lowest BCUT2D eigenvalue weighted by atomic mass is 10.2. The van der Waals surface area contributed by atoms with Crippen molar-refractivity contribution in [1.82, 2.24) is 0 Å². The minimum absolute atomic E-state index is 0.585. The van der Waals surface area contributed by atoms with Crippen LogP contribution in [0.25, 0.3) is 0 Å². The molecule has 0 aliphatic rings. The maximum Gasteiger partial charge on any atom is 0.334 e. The van der Waals surface area contributed by atoms with Gasteiger partial charge in [0.05, 0.1) is 6.54 Å². The molecule has 0 aromatic carbocycles. The summed E-state index contributed by atoms with van der Waals surface area (Å²) in [5, 5.41) is 0. The maximum absolute atomic E-state index is 9.76. The number of nitrogens with zero attached hydrogens (tertiary/aromatic N) is 1. The zero-order valence-electron chi connectivity index (χ0n) is 9.21. The third-order valence-corrected chi connectivity index (χ3v) is 5.32. The molecule has 0 N–H and O–H groups in total. The Morgan fingerprint density at radius 2 is 1.86 bits per heavy atom. The van der Waals surface area contributed by atoms with Gasteiger partial charge in [-0.05, 0) is 19.0 Å². The highest BCUT2D eigenvalue weighted by atomic mass is 28.4. The van der Waals surface area contributed by atoms with Crippen molar-refractivity contribution in [2.45, 2.75) is 31.9 Å². The molecule has 0 spiro atoms. The average molecular weight is 217 g/mol. The topological polar surface area (TPSA) is 47.9 Å². The summed E-state index contributed by atoms with van der Waals surface area (Å²) in [6, 6.07) is 0.991. The molecular weight excluding hydrogens is 198 g/mol. The highest BCUT2D eigenvalue weighted by molar-refractivity contribution is 6.65. The number of hydrogen-bond donors (Lipinski definition) is 0. The first kappa shape index (κ1) is 13.5. The van der Waals surface area contributed by atoms with Gasteiger partial charge in [-0.2, -0.15) is 0 Å². The molecule has 0 atom stereocenters. The molecule has 5 heteroatoms. The standard InChI is InChI=1S/C9H19NO3Si/c1-12-14(3,13-2)8-6-4-5-7-10-9-11/h4-8H2,1-3H3. The third kappa shape index (κ3) is 6.04. The largest absolute Gasteiger partial charge is 0.398 e. The van der Waals surface area contributed by atoms with E-state index in [9.17, 15) is 4.79 Å². The fraction of sp³-hybridized carbons (Fsp3) is 0.889. The average Bonchev–Trinajstić information content (AvgIpc) is 2.23. The molecule has 14 heavy (non-hydrogen) atoms. The van der Waals surface area contributed by atoms with Crippen molar-refractivity contribution >= 4 is 14.6 Å². The van der Waals surface area contributed by atoms with E-state index in [-0.39, 0.29) is 0 Å². The summed E-state index contributed by atoms with van der Waals surface area (Å²) in [6.07, 6.45) is 4.59. The number of aliphatic imine (C=N–C) groups is 1. The van der Waals surface area contributed by atoms with Gasteiger partial charge in [-0.25, -0.2) is 9.79 Å². The molecule has 4 nitrogen and oxygen atoms in total. The first-order valence-corrected chi connectivity index (χ1v) is 7.35. The predicted molar refractivity (Wildman–Crippen MR) is 57.3 cm³/mol. The van der Waals surface area contributed by atoms with Crippen LogP contribution in [-0.4, -0.2) is 35.4 Å². The van der Waals surface area contributed by atoms with E-state index in [0.29, 0.717) is 6.54 Å². The Hall–Kier alpha value is -0.483. The summed E-state index contributed by atoms with van der Waals surface area (Å²) in [5.74, 6) is 0. The number of hydrogen-bond acceptors (Lipinski definition) is 4. The van der Waals surface area contributed by atoms with Gasteiger partial charge in [-0.3, -0.25) is 0 Å². The van der Waals surface area contributed by atoms with Gasteiger partial charge in [-0.1, -0.05) is 12.8 Å². The fourth-order valence-electron chi connectivity index (χ4n) is 1.15. The van der Waals surface area contributed by atoms with Crippen LogP contribution in [-0.2, 0) is 13.6 Å². The van der Waals surface area contributed by atoms with E-state index in [1.807, 2.05) is 0 Å². The second kappa shape index (κ2) is 7.88. The predicted octanol–water partition coefficient (Wildman–Crippen LogP) is 1.86. The molecule has 0 saturated heterocycles. The van der Waals surface area contributed by atoms with Crippen molar-refractivity contribution in [2.24, 2.45) is 4.99 Å². The van der Waals surface area contributed by atoms with Gasteiger partial charge in [0.1, 0.15) is 0 Å². The Kier molecular flexibility index (Phi) is 7.61. The van der Waals surface area contributed by atoms with E-state index in [1.165, 1.54) is 6.08 Å². The summed E-state index contributed by atoms with van der Waals surface area (Å²) < 4.78 is 10.7. The molecular formula is C9H19NO3Si. The van der Waals surface area contributed by atoms with Crippen molar-refractivity contribution < 1.29 is 13.6 Å². The van der Waals surface area contributed by atoms with Gasteiger partial charge < -0.3 is 8.85 Å². The van der Waals surface area contributed by atoms with Crippen LogP contribution in [0.3, 0.4) is 0 Å². The minimum atomic E-state index is -1.87. The number of unbranched alkanes of at least 4 members (excludes halogenated alkanes) is 2. The third-order valence-electron chi connectivity index (χ3n) is 2.33. The van der Waals surface area contributed by atoms with Crippen molar-refractivity contribution in [1.29, 1.82) is 0 Å². The molecule has 0 aromatic heterocycles. The second-order valence-corrected chi connectivity index (χ2v) is 6.91. The fourth-order valence-corrected chi connectivity index (χ4v) is 2.61. The van der Waals surface area contributed by atoms with E-state index in [1.54, 1.807) is 14.2 Å². The van der Waals surface area contributed by atoms with Crippen LogP contribution in [0.5, 0.6) is 0 Å². The first-order chi connectivity index (χ1) is 6.68. The number of rotatable bonds is 8. The van der Waals surface area contributed by atoms with Crippen LogP contribution >= 0.6 is 0 Å². The molecule has 0 bridgehead atoms. The smallest absolute Gasteiger partial charge is 0.334 e. The lowest BCUT2D eigenvalue weighted by molar-refractivity contribution is 0.248. The highest BCUT2D eigenvalue weighted by Crippen LogP contribution is 2.15. The van der Waals surface area contributed by atoms with Gasteiger partial charge in [0.2, 0.25) is 6.08 Å². The molecule has 0 amide bonds. The van der Waals surface area contributed by atoms with Crippen molar-refractivity contribution in [3.63, 3.8) is 0 Å². The van der Waals surface area contributed by atoms with Crippen LogP contribution in [0.1, 0.15) is 19.3 Å². The lowest BCUT2D eigenvalue weighted by Crippen LogP contribution is -2.35. The van der Waals surface area contributed by atoms with Gasteiger partial charge in [0.15, 0.2) is 0 Å². The van der Waals surface area contributed by atoms with Gasteiger partial charge in [0, 0.05) is 14.2 Å². The summed E-state index contributed by atoms with van der Waals surface area (Å²) in [4.78, 5) is 13.3. The Morgan fingerprint density at radius 3 is 2.36 bits per heavy atom. The maximum atomic E-state index is 9.76. The second-order valence-electron chi connectivity index (χ2n) is 3.33. The summed E-state index contributed by atoms with van der Waals surface area (Å²) >= 11 is 0. The van der Waals surface area contributed by atoms with E-state index in [0.717, 1.165) is 25.3 Å². The monoisotopic (exact) mass is 217 g/mol. The SMILES string of the molecule is CO[Si](C)(CCCCCN=C=O)OC. The molecule has 0 heterocycles. The van der Waals surface area contributed by atoms with Gasteiger partial charge in [-0.15, -0.1) is 0 Å². The Balaban J connectivity index is 3.47. The summed E-state index contributed by atoms with van der Waals surface area (Å²) in [5.41, 5.74) is 0. The normalized spacial score (nSPS) is 11.1. The molecule has 0 saturated carbocycles. The quantitative estimate of drug-likeness (QED) is 0.270. The van der Waals surface area contributed by atoms with E-state index < -0.39 is 8.56 Å². The molecule has 0 aromatic rings. The van der Waals surface area contributed by atoms with Crippen LogP contribution in [0.4, 0.5) is 0 Å². The number of isocyanates is 1. The Morgan fingerprint density at radius 1 is 1.21 bits per heavy atom. The van der Waals surface area contributed by atoms with Crippen molar-refractivity contribution in [3.05, 3.63) is 0 Å². The van der Waals surface area contributed by atoms with Crippen LogP contribution in [0.2, 0.25) is 12.6 Å². The van der Waals surface area contributed by atoms with Crippen molar-refractivity contribution in [3.8, 4) is 0 Å². The van der Waals surface area contributed by atoms with Gasteiger partial charge >= 0.3 is 8.56 Å². The molecule has 0 aliphatic heterocycles. The first-order valence-electron chi connectivity index (χ1n) is 4.82. The Labute approximate surface area is 86.6 Å². The van der Waals surface area contributed by atoms with Crippen LogP contribution in [0.15, 0.2) is 4.99 Å². The van der Waals surface area contributed by atoms with E-state index >= 15 is 0 Å². The minimum Gasteiger partial charge on any atom is -0.398 e. The highest BCUT2D eigenvalue weighted by Gasteiger charge is 2.27. The molecule has 0 aliphatic carbocycles.